The molecule has 1 saturated carbocycles. The van der Waals surface area contributed by atoms with Crippen LogP contribution in [0.15, 0.2) is 18.2 Å². The Morgan fingerprint density at radius 3 is 2.60 bits per heavy atom. The van der Waals surface area contributed by atoms with E-state index in [4.69, 9.17) is 0 Å². The van der Waals surface area contributed by atoms with E-state index in [0.717, 1.165) is 18.8 Å². The third kappa shape index (κ3) is 2.97. The van der Waals surface area contributed by atoms with Crippen LogP contribution in [0.4, 0.5) is 0 Å². The highest BCUT2D eigenvalue weighted by Gasteiger charge is 2.25. The number of carbonyl (C=O) groups is 1. The molecule has 0 saturated heterocycles. The van der Waals surface area contributed by atoms with E-state index in [2.05, 4.69) is 25.1 Å². The van der Waals surface area contributed by atoms with E-state index >= 15 is 0 Å². The first-order valence-electron chi connectivity index (χ1n) is 8.39. The molecule has 108 valence electrons. The molecule has 3 rings (SSSR count). The molecule has 1 aromatic carbocycles. The number of hydrogen-bond acceptors (Lipinski definition) is 1. The normalized spacial score (nSPS) is 25.4. The Morgan fingerprint density at radius 1 is 1.10 bits per heavy atom. The van der Waals surface area contributed by atoms with Crippen molar-refractivity contribution in [2.45, 2.75) is 64.7 Å². The summed E-state index contributed by atoms with van der Waals surface area (Å²) in [5.41, 5.74) is 4.24. The molecule has 1 heteroatoms. The zero-order valence-corrected chi connectivity index (χ0v) is 12.7. The first-order valence-corrected chi connectivity index (χ1v) is 8.39. The van der Waals surface area contributed by atoms with Gasteiger partial charge in [0.2, 0.25) is 0 Å². The van der Waals surface area contributed by atoms with Gasteiger partial charge in [0, 0.05) is 12.3 Å². The summed E-state index contributed by atoms with van der Waals surface area (Å²) in [6.45, 7) is 2.28. The predicted molar refractivity (Wildman–Crippen MR) is 82.9 cm³/mol. The van der Waals surface area contributed by atoms with Crippen LogP contribution < -0.4 is 0 Å². The first kappa shape index (κ1) is 13.9. The summed E-state index contributed by atoms with van der Waals surface area (Å²) < 4.78 is 0. The number of rotatable bonds is 4. The van der Waals surface area contributed by atoms with Crippen LogP contribution >= 0.6 is 0 Å². The van der Waals surface area contributed by atoms with E-state index in [9.17, 15) is 4.79 Å². The number of hydrogen-bond donors (Lipinski definition) is 0. The van der Waals surface area contributed by atoms with Gasteiger partial charge < -0.3 is 0 Å². The maximum absolute atomic E-state index is 12.5. The van der Waals surface area contributed by atoms with Crippen LogP contribution in [0.25, 0.3) is 0 Å². The predicted octanol–water partition coefficient (Wildman–Crippen LogP) is 4.50. The third-order valence-corrected chi connectivity index (χ3v) is 5.42. The minimum atomic E-state index is 0.339. The van der Waals surface area contributed by atoms with Gasteiger partial charge in [-0.15, -0.1) is 0 Å². The number of aryl methyl sites for hydroxylation is 2. The molecule has 1 nitrogen and oxygen atoms in total. The second-order valence-electron chi connectivity index (χ2n) is 6.73. The fourth-order valence-electron chi connectivity index (χ4n) is 3.97. The van der Waals surface area contributed by atoms with Crippen molar-refractivity contribution in [2.24, 2.45) is 11.8 Å². The maximum atomic E-state index is 12.5. The highest BCUT2D eigenvalue weighted by molar-refractivity contribution is 5.83. The fourth-order valence-corrected chi connectivity index (χ4v) is 3.97. The largest absolute Gasteiger partial charge is 0.299 e. The number of fused-ring (bicyclic) bond motifs is 1. The minimum Gasteiger partial charge on any atom is -0.299 e. The van der Waals surface area contributed by atoms with Crippen molar-refractivity contribution in [3.63, 3.8) is 0 Å². The van der Waals surface area contributed by atoms with Gasteiger partial charge in [0.15, 0.2) is 0 Å². The smallest absolute Gasteiger partial charge is 0.140 e. The molecular formula is C19H26O. The second kappa shape index (κ2) is 6.11. The Bertz CT molecular complexity index is 481. The Morgan fingerprint density at radius 2 is 1.85 bits per heavy atom. The number of ketones is 1. The van der Waals surface area contributed by atoms with Crippen LogP contribution in [0, 0.1) is 11.8 Å². The summed E-state index contributed by atoms with van der Waals surface area (Å²) in [7, 11) is 0. The van der Waals surface area contributed by atoms with Crippen LogP contribution in [-0.2, 0) is 24.1 Å². The number of carbonyl (C=O) groups excluding carboxylic acids is 1. The van der Waals surface area contributed by atoms with Gasteiger partial charge in [0.25, 0.3) is 0 Å². The average molecular weight is 270 g/mol. The van der Waals surface area contributed by atoms with Crippen molar-refractivity contribution in [1.82, 2.24) is 0 Å². The maximum Gasteiger partial charge on any atom is 0.140 e. The zero-order valence-electron chi connectivity index (χ0n) is 12.7. The molecule has 20 heavy (non-hydrogen) atoms. The molecule has 1 aromatic rings. The minimum absolute atomic E-state index is 0.339. The Balaban J connectivity index is 1.59. The monoisotopic (exact) mass is 270 g/mol. The molecule has 0 N–H and O–H groups in total. The summed E-state index contributed by atoms with van der Waals surface area (Å²) in [4.78, 5) is 12.5. The summed E-state index contributed by atoms with van der Waals surface area (Å²) in [6, 6.07) is 6.72. The zero-order chi connectivity index (χ0) is 13.9. The molecule has 0 aliphatic heterocycles. The van der Waals surface area contributed by atoms with Crippen LogP contribution in [0.5, 0.6) is 0 Å². The van der Waals surface area contributed by atoms with Gasteiger partial charge in [-0.2, -0.15) is 0 Å². The molecule has 1 fully saturated rings. The summed E-state index contributed by atoms with van der Waals surface area (Å²) in [5, 5.41) is 0. The van der Waals surface area contributed by atoms with Crippen molar-refractivity contribution >= 4 is 5.78 Å². The van der Waals surface area contributed by atoms with Gasteiger partial charge in [-0.25, -0.2) is 0 Å². The Kier molecular flexibility index (Phi) is 4.24. The van der Waals surface area contributed by atoms with Gasteiger partial charge in [0.1, 0.15) is 5.78 Å². The third-order valence-electron chi connectivity index (χ3n) is 5.42. The van der Waals surface area contributed by atoms with Gasteiger partial charge in [-0.05, 0) is 67.6 Å². The quantitative estimate of drug-likeness (QED) is 0.787. The Labute approximate surface area is 122 Å². The molecular weight excluding hydrogens is 244 g/mol. The van der Waals surface area contributed by atoms with Crippen molar-refractivity contribution in [2.75, 3.05) is 0 Å². The van der Waals surface area contributed by atoms with Crippen LogP contribution in [0.2, 0.25) is 0 Å². The SMILES string of the molecule is CCC1CCC(C(=O)Cc2ccc3c(c2)CCC3)CC1. The fraction of sp³-hybridized carbons (Fsp3) is 0.632. The molecule has 0 bridgehead atoms. The number of Topliss-reactive ketones (excluding diaryl/α,β-unsaturated/α-hetero) is 1. The van der Waals surface area contributed by atoms with Gasteiger partial charge >= 0.3 is 0 Å². The summed E-state index contributed by atoms with van der Waals surface area (Å²) >= 11 is 0. The van der Waals surface area contributed by atoms with Gasteiger partial charge in [-0.3, -0.25) is 4.79 Å². The van der Waals surface area contributed by atoms with E-state index in [1.807, 2.05) is 0 Å². The Hall–Kier alpha value is -1.11. The van der Waals surface area contributed by atoms with Gasteiger partial charge in [0.05, 0.1) is 0 Å². The molecule has 0 heterocycles. The molecule has 0 atom stereocenters. The van der Waals surface area contributed by atoms with E-state index in [0.29, 0.717) is 18.1 Å². The summed E-state index contributed by atoms with van der Waals surface area (Å²) in [5.74, 6) is 1.70. The molecule has 0 unspecified atom stereocenters. The first-order chi connectivity index (χ1) is 9.76. The van der Waals surface area contributed by atoms with Crippen molar-refractivity contribution in [3.8, 4) is 0 Å². The van der Waals surface area contributed by atoms with E-state index in [1.54, 1.807) is 0 Å². The lowest BCUT2D eigenvalue weighted by atomic mass is 9.78. The van der Waals surface area contributed by atoms with E-state index in [1.165, 1.54) is 55.2 Å². The molecule has 2 aliphatic rings. The second-order valence-corrected chi connectivity index (χ2v) is 6.73. The molecule has 0 spiro atoms. The number of benzene rings is 1. The topological polar surface area (TPSA) is 17.1 Å². The van der Waals surface area contributed by atoms with Crippen LogP contribution in [0.1, 0.15) is 62.1 Å². The summed E-state index contributed by atoms with van der Waals surface area (Å²) in [6.07, 6.45) is 10.4. The lowest BCUT2D eigenvalue weighted by molar-refractivity contribution is -0.123. The molecule has 0 amide bonds. The van der Waals surface area contributed by atoms with Crippen LogP contribution in [0.3, 0.4) is 0 Å². The van der Waals surface area contributed by atoms with E-state index in [-0.39, 0.29) is 0 Å². The van der Waals surface area contributed by atoms with Crippen molar-refractivity contribution < 1.29 is 4.79 Å². The van der Waals surface area contributed by atoms with E-state index < -0.39 is 0 Å². The molecule has 0 aromatic heterocycles. The average Bonchev–Trinajstić information content (AvgIpc) is 2.95. The highest BCUT2D eigenvalue weighted by Crippen LogP contribution is 2.32. The molecule has 2 aliphatic carbocycles. The van der Waals surface area contributed by atoms with Gasteiger partial charge in [-0.1, -0.05) is 31.5 Å². The standard InChI is InChI=1S/C19H26O/c1-2-14-6-10-17(11-7-14)19(20)13-15-8-9-16-4-3-5-18(16)12-15/h8-9,12,14,17H,2-7,10-11,13H2,1H3. The van der Waals surface area contributed by atoms with Crippen molar-refractivity contribution in [3.05, 3.63) is 34.9 Å². The lowest BCUT2D eigenvalue weighted by Crippen LogP contribution is -2.23. The van der Waals surface area contributed by atoms with Crippen LogP contribution in [-0.4, -0.2) is 5.78 Å². The lowest BCUT2D eigenvalue weighted by Gasteiger charge is -2.26. The highest BCUT2D eigenvalue weighted by atomic mass is 16.1. The van der Waals surface area contributed by atoms with Crippen molar-refractivity contribution in [1.29, 1.82) is 0 Å². The molecule has 0 radical (unpaired) electrons.